The molecule has 2 rings (SSSR count). The standard InChI is InChI=1S/C14H15FN2O2S/c1-9(2)12(18)7-14-16-13(17-19-14)8-20-11-5-3-10(15)4-6-11/h3-6,9H,7-8H2,1-2H3. The Morgan fingerprint density at radius 3 is 2.70 bits per heavy atom. The maximum absolute atomic E-state index is 12.8. The summed E-state index contributed by atoms with van der Waals surface area (Å²) >= 11 is 1.48. The summed E-state index contributed by atoms with van der Waals surface area (Å²) in [6, 6.07) is 6.21. The van der Waals surface area contributed by atoms with E-state index in [2.05, 4.69) is 10.1 Å². The minimum absolute atomic E-state index is 0.0426. The van der Waals surface area contributed by atoms with Gasteiger partial charge in [-0.2, -0.15) is 4.98 Å². The molecule has 0 saturated carbocycles. The van der Waals surface area contributed by atoms with Gasteiger partial charge in [-0.15, -0.1) is 11.8 Å². The van der Waals surface area contributed by atoms with E-state index >= 15 is 0 Å². The van der Waals surface area contributed by atoms with E-state index in [1.54, 1.807) is 12.1 Å². The van der Waals surface area contributed by atoms with Crippen molar-refractivity contribution in [3.63, 3.8) is 0 Å². The van der Waals surface area contributed by atoms with Crippen molar-refractivity contribution < 1.29 is 13.7 Å². The molecule has 0 saturated heterocycles. The summed E-state index contributed by atoms with van der Waals surface area (Å²) in [5.74, 6) is 1.17. The number of hydrogen-bond acceptors (Lipinski definition) is 5. The molecule has 0 spiro atoms. The van der Waals surface area contributed by atoms with Gasteiger partial charge >= 0.3 is 0 Å². The summed E-state index contributed by atoms with van der Waals surface area (Å²) in [7, 11) is 0. The minimum atomic E-state index is -0.261. The van der Waals surface area contributed by atoms with Crippen molar-refractivity contribution in [1.82, 2.24) is 10.1 Å². The second-order valence-corrected chi connectivity index (χ2v) is 5.69. The maximum atomic E-state index is 12.8. The highest BCUT2D eigenvalue weighted by molar-refractivity contribution is 7.98. The monoisotopic (exact) mass is 294 g/mol. The topological polar surface area (TPSA) is 56.0 Å². The van der Waals surface area contributed by atoms with Crippen molar-refractivity contribution >= 4 is 17.5 Å². The fraction of sp³-hybridized carbons (Fsp3) is 0.357. The van der Waals surface area contributed by atoms with E-state index in [9.17, 15) is 9.18 Å². The zero-order valence-corrected chi connectivity index (χ0v) is 12.1. The summed E-state index contributed by atoms with van der Waals surface area (Å²) in [5.41, 5.74) is 0. The lowest BCUT2D eigenvalue weighted by atomic mass is 10.1. The highest BCUT2D eigenvalue weighted by atomic mass is 32.2. The first-order valence-corrected chi connectivity index (χ1v) is 7.25. The number of ketones is 1. The molecule has 0 unspecified atom stereocenters. The van der Waals surface area contributed by atoms with Crippen LogP contribution in [0.25, 0.3) is 0 Å². The van der Waals surface area contributed by atoms with Crippen LogP contribution in [0, 0.1) is 11.7 Å². The van der Waals surface area contributed by atoms with E-state index in [0.717, 1.165) is 4.90 Å². The fourth-order valence-electron chi connectivity index (χ4n) is 1.45. The van der Waals surface area contributed by atoms with Gasteiger partial charge in [0.1, 0.15) is 11.6 Å². The average molecular weight is 294 g/mol. The number of halogens is 1. The van der Waals surface area contributed by atoms with Crippen molar-refractivity contribution in [3.05, 3.63) is 41.8 Å². The molecule has 0 radical (unpaired) electrons. The maximum Gasteiger partial charge on any atom is 0.234 e. The smallest absolute Gasteiger partial charge is 0.234 e. The lowest BCUT2D eigenvalue weighted by Crippen LogP contribution is -2.10. The number of thioether (sulfide) groups is 1. The number of nitrogens with zero attached hydrogens (tertiary/aromatic N) is 2. The fourth-order valence-corrected chi connectivity index (χ4v) is 2.19. The Balaban J connectivity index is 1.89. The van der Waals surface area contributed by atoms with Crippen LogP contribution in [-0.2, 0) is 17.0 Å². The molecule has 1 aromatic carbocycles. The van der Waals surface area contributed by atoms with Crippen LogP contribution >= 0.6 is 11.8 Å². The lowest BCUT2D eigenvalue weighted by Gasteiger charge is -1.98. The normalized spacial score (nSPS) is 11.0. The summed E-state index contributed by atoms with van der Waals surface area (Å²) in [6.45, 7) is 3.67. The Morgan fingerprint density at radius 2 is 2.05 bits per heavy atom. The Bertz CT molecular complexity index is 581. The Kier molecular flexibility index (Phi) is 4.89. The molecule has 6 heteroatoms. The lowest BCUT2D eigenvalue weighted by molar-refractivity contribution is -0.121. The second-order valence-electron chi connectivity index (χ2n) is 4.64. The summed E-state index contributed by atoms with van der Waals surface area (Å²) < 4.78 is 17.8. The molecular weight excluding hydrogens is 279 g/mol. The molecule has 0 aliphatic rings. The van der Waals surface area contributed by atoms with E-state index in [1.165, 1.54) is 23.9 Å². The molecule has 0 atom stereocenters. The van der Waals surface area contributed by atoms with Crippen molar-refractivity contribution in [2.45, 2.75) is 30.9 Å². The Morgan fingerprint density at radius 1 is 1.35 bits per heavy atom. The summed E-state index contributed by atoms with van der Waals surface area (Å²) in [5, 5.41) is 3.83. The van der Waals surface area contributed by atoms with Crippen LogP contribution in [0.3, 0.4) is 0 Å². The van der Waals surface area contributed by atoms with E-state index in [0.29, 0.717) is 17.5 Å². The average Bonchev–Trinajstić information content (AvgIpc) is 2.85. The van der Waals surface area contributed by atoms with Gasteiger partial charge in [-0.1, -0.05) is 19.0 Å². The molecule has 2 aromatic rings. The molecule has 0 N–H and O–H groups in total. The zero-order valence-electron chi connectivity index (χ0n) is 11.3. The molecule has 0 aliphatic carbocycles. The van der Waals surface area contributed by atoms with Gasteiger partial charge in [0.15, 0.2) is 5.82 Å². The van der Waals surface area contributed by atoms with E-state index in [1.807, 2.05) is 13.8 Å². The third-order valence-corrected chi connectivity index (χ3v) is 3.67. The first-order chi connectivity index (χ1) is 9.54. The van der Waals surface area contributed by atoms with E-state index in [4.69, 9.17) is 4.52 Å². The van der Waals surface area contributed by atoms with Crippen molar-refractivity contribution in [1.29, 1.82) is 0 Å². The number of carbonyl (C=O) groups excluding carboxylic acids is 1. The molecule has 0 fully saturated rings. The van der Waals surface area contributed by atoms with Gasteiger partial charge < -0.3 is 4.52 Å². The first-order valence-electron chi connectivity index (χ1n) is 6.27. The van der Waals surface area contributed by atoms with Gasteiger partial charge in [0.05, 0.1) is 12.2 Å². The van der Waals surface area contributed by atoms with Crippen molar-refractivity contribution in [3.8, 4) is 0 Å². The van der Waals surface area contributed by atoms with Gasteiger partial charge in [-0.3, -0.25) is 4.79 Å². The third kappa shape index (κ3) is 4.16. The molecule has 106 valence electrons. The predicted molar refractivity (Wildman–Crippen MR) is 73.8 cm³/mol. The highest BCUT2D eigenvalue weighted by Crippen LogP contribution is 2.21. The quantitative estimate of drug-likeness (QED) is 0.765. The molecule has 20 heavy (non-hydrogen) atoms. The van der Waals surface area contributed by atoms with E-state index < -0.39 is 0 Å². The second kappa shape index (κ2) is 6.65. The molecule has 0 aliphatic heterocycles. The van der Waals surface area contributed by atoms with Crippen LogP contribution in [0.15, 0.2) is 33.7 Å². The SMILES string of the molecule is CC(C)C(=O)Cc1nc(CSc2ccc(F)cc2)no1. The predicted octanol–water partition coefficient (Wildman–Crippen LogP) is 3.27. The van der Waals surface area contributed by atoms with Crippen LogP contribution in [0.2, 0.25) is 0 Å². The molecule has 1 aromatic heterocycles. The summed E-state index contributed by atoms with van der Waals surface area (Å²) in [6.07, 6.45) is 0.173. The number of benzene rings is 1. The first kappa shape index (κ1) is 14.7. The third-order valence-electron chi connectivity index (χ3n) is 2.66. The molecule has 0 bridgehead atoms. The van der Waals surface area contributed by atoms with Crippen LogP contribution in [-0.4, -0.2) is 15.9 Å². The minimum Gasteiger partial charge on any atom is -0.339 e. The van der Waals surface area contributed by atoms with Gasteiger partial charge in [-0.25, -0.2) is 4.39 Å². The van der Waals surface area contributed by atoms with Crippen LogP contribution in [0.1, 0.15) is 25.6 Å². The number of aromatic nitrogens is 2. The van der Waals surface area contributed by atoms with E-state index in [-0.39, 0.29) is 23.9 Å². The largest absolute Gasteiger partial charge is 0.339 e. The Labute approximate surface area is 120 Å². The molecule has 4 nitrogen and oxygen atoms in total. The summed E-state index contributed by atoms with van der Waals surface area (Å²) in [4.78, 5) is 16.7. The van der Waals surface area contributed by atoms with Crippen LogP contribution < -0.4 is 0 Å². The highest BCUT2D eigenvalue weighted by Gasteiger charge is 2.14. The van der Waals surface area contributed by atoms with Gasteiger partial charge in [0, 0.05) is 10.8 Å². The number of Topliss-reactive ketones (excluding diaryl/α,β-unsaturated/α-hetero) is 1. The van der Waals surface area contributed by atoms with Gasteiger partial charge in [0.25, 0.3) is 0 Å². The van der Waals surface area contributed by atoms with Crippen LogP contribution in [0.5, 0.6) is 0 Å². The zero-order chi connectivity index (χ0) is 14.5. The number of rotatable bonds is 6. The number of carbonyl (C=O) groups is 1. The van der Waals surface area contributed by atoms with Crippen molar-refractivity contribution in [2.24, 2.45) is 5.92 Å². The van der Waals surface area contributed by atoms with Crippen LogP contribution in [0.4, 0.5) is 4.39 Å². The van der Waals surface area contributed by atoms with Crippen molar-refractivity contribution in [2.75, 3.05) is 0 Å². The number of hydrogen-bond donors (Lipinski definition) is 0. The van der Waals surface area contributed by atoms with Gasteiger partial charge in [-0.05, 0) is 24.3 Å². The molecular formula is C14H15FN2O2S. The van der Waals surface area contributed by atoms with Gasteiger partial charge in [0.2, 0.25) is 5.89 Å². The molecule has 1 heterocycles. The Hall–Kier alpha value is -1.69. The molecule has 0 amide bonds.